The minimum atomic E-state index is 0.159. The van der Waals surface area contributed by atoms with Crippen molar-refractivity contribution in [3.05, 3.63) is 30.5 Å². The van der Waals surface area contributed by atoms with Crippen molar-refractivity contribution in [3.8, 4) is 0 Å². The number of carbonyl (C=O) groups excluding carboxylic acids is 1. The van der Waals surface area contributed by atoms with Crippen LogP contribution in [0.4, 0.5) is 11.5 Å². The van der Waals surface area contributed by atoms with Crippen LogP contribution in [0.5, 0.6) is 0 Å². The maximum absolute atomic E-state index is 12.9. The standard InChI is InChI=1S/C18H23N3O/c1-20(18(22)15-12-13-6-7-14(15)11-13)16-5-4-8-19-17(16)21-9-2-3-10-21/h4-8,13-15H,2-3,9-12H2,1H3. The molecule has 3 unspecified atom stereocenters. The molecule has 4 nitrogen and oxygen atoms in total. The summed E-state index contributed by atoms with van der Waals surface area (Å²) < 4.78 is 0. The Bertz CT molecular complexity index is 606. The molecule has 116 valence electrons. The summed E-state index contributed by atoms with van der Waals surface area (Å²) in [7, 11) is 1.91. The molecule has 1 aliphatic heterocycles. The molecule has 22 heavy (non-hydrogen) atoms. The van der Waals surface area contributed by atoms with Gasteiger partial charge in [-0.25, -0.2) is 4.98 Å². The second-order valence-electron chi connectivity index (χ2n) is 6.82. The minimum absolute atomic E-state index is 0.159. The molecule has 1 saturated heterocycles. The largest absolute Gasteiger partial charge is 0.355 e. The van der Waals surface area contributed by atoms with Gasteiger partial charge in [-0.2, -0.15) is 0 Å². The quantitative estimate of drug-likeness (QED) is 0.805. The number of fused-ring (bicyclic) bond motifs is 2. The van der Waals surface area contributed by atoms with Gasteiger partial charge in [-0.15, -0.1) is 0 Å². The maximum atomic E-state index is 12.9. The number of allylic oxidation sites excluding steroid dienone is 2. The third-order valence-electron chi connectivity index (χ3n) is 5.46. The molecule has 1 aromatic heterocycles. The fraction of sp³-hybridized carbons (Fsp3) is 0.556. The van der Waals surface area contributed by atoms with Crippen LogP contribution in [0.15, 0.2) is 30.5 Å². The molecule has 4 rings (SSSR count). The number of amides is 1. The van der Waals surface area contributed by atoms with Crippen LogP contribution >= 0.6 is 0 Å². The molecule has 3 aliphatic rings. The second-order valence-corrected chi connectivity index (χ2v) is 6.82. The molecular weight excluding hydrogens is 274 g/mol. The highest BCUT2D eigenvalue weighted by Crippen LogP contribution is 2.44. The highest BCUT2D eigenvalue weighted by atomic mass is 16.2. The van der Waals surface area contributed by atoms with Gasteiger partial charge in [-0.05, 0) is 49.7 Å². The highest BCUT2D eigenvalue weighted by molar-refractivity contribution is 5.97. The van der Waals surface area contributed by atoms with E-state index >= 15 is 0 Å². The summed E-state index contributed by atoms with van der Waals surface area (Å²) in [5.41, 5.74) is 0.959. The van der Waals surface area contributed by atoms with E-state index in [0.717, 1.165) is 37.4 Å². The zero-order valence-electron chi connectivity index (χ0n) is 13.1. The van der Waals surface area contributed by atoms with Gasteiger partial charge in [-0.3, -0.25) is 4.79 Å². The molecule has 1 saturated carbocycles. The van der Waals surface area contributed by atoms with Crippen LogP contribution in [0, 0.1) is 17.8 Å². The Kier molecular flexibility index (Phi) is 3.40. The Balaban J connectivity index is 1.58. The van der Waals surface area contributed by atoms with E-state index in [0.29, 0.717) is 11.8 Å². The van der Waals surface area contributed by atoms with Gasteiger partial charge in [0.2, 0.25) is 5.91 Å². The van der Waals surface area contributed by atoms with E-state index in [1.54, 1.807) is 0 Å². The lowest BCUT2D eigenvalue weighted by atomic mass is 9.92. The van der Waals surface area contributed by atoms with Crippen molar-refractivity contribution in [3.63, 3.8) is 0 Å². The lowest BCUT2D eigenvalue weighted by molar-refractivity contribution is -0.122. The summed E-state index contributed by atoms with van der Waals surface area (Å²) in [6.07, 6.45) is 11.0. The van der Waals surface area contributed by atoms with Crippen LogP contribution in [-0.4, -0.2) is 31.0 Å². The van der Waals surface area contributed by atoms with E-state index < -0.39 is 0 Å². The monoisotopic (exact) mass is 297 g/mol. The van der Waals surface area contributed by atoms with Crippen LogP contribution < -0.4 is 9.80 Å². The van der Waals surface area contributed by atoms with Crippen LogP contribution in [0.2, 0.25) is 0 Å². The SMILES string of the molecule is CN(C(=O)C1CC2C=CC1C2)c1cccnc1N1CCCC1. The number of carbonyl (C=O) groups is 1. The molecule has 2 heterocycles. The number of nitrogens with zero attached hydrogens (tertiary/aromatic N) is 3. The molecule has 2 fully saturated rings. The molecule has 3 atom stereocenters. The Hall–Kier alpha value is -1.84. The van der Waals surface area contributed by atoms with E-state index in [1.807, 2.05) is 30.3 Å². The number of anilines is 2. The summed E-state index contributed by atoms with van der Waals surface area (Å²) in [6, 6.07) is 3.96. The van der Waals surface area contributed by atoms with E-state index in [2.05, 4.69) is 22.0 Å². The van der Waals surface area contributed by atoms with Crippen molar-refractivity contribution < 1.29 is 4.79 Å². The Morgan fingerprint density at radius 1 is 1.27 bits per heavy atom. The summed E-state index contributed by atoms with van der Waals surface area (Å²) in [6.45, 7) is 2.09. The smallest absolute Gasteiger partial charge is 0.230 e. The molecule has 4 heteroatoms. The number of hydrogen-bond donors (Lipinski definition) is 0. The van der Waals surface area contributed by atoms with Crippen molar-refractivity contribution in [1.82, 2.24) is 4.98 Å². The van der Waals surface area contributed by atoms with Gasteiger partial charge in [-0.1, -0.05) is 12.2 Å². The average Bonchev–Trinajstić information content (AvgIpc) is 3.30. The fourth-order valence-corrected chi connectivity index (χ4v) is 4.25. The van der Waals surface area contributed by atoms with Gasteiger partial charge in [0.05, 0.1) is 5.69 Å². The second kappa shape index (κ2) is 5.41. The first-order valence-corrected chi connectivity index (χ1v) is 8.40. The van der Waals surface area contributed by atoms with Gasteiger partial charge in [0.15, 0.2) is 5.82 Å². The Labute approximate surface area is 131 Å². The average molecular weight is 297 g/mol. The van der Waals surface area contributed by atoms with E-state index in [4.69, 9.17) is 0 Å². The molecular formula is C18H23N3O. The first-order chi connectivity index (χ1) is 10.7. The topological polar surface area (TPSA) is 36.4 Å². The third-order valence-corrected chi connectivity index (χ3v) is 5.46. The summed E-state index contributed by atoms with van der Waals surface area (Å²) in [4.78, 5) is 21.7. The Morgan fingerprint density at radius 2 is 2.09 bits per heavy atom. The van der Waals surface area contributed by atoms with Gasteiger partial charge < -0.3 is 9.80 Å². The molecule has 0 aromatic carbocycles. The zero-order chi connectivity index (χ0) is 15.1. The minimum Gasteiger partial charge on any atom is -0.355 e. The van der Waals surface area contributed by atoms with Crippen molar-refractivity contribution >= 4 is 17.4 Å². The van der Waals surface area contributed by atoms with Crippen LogP contribution in [0.1, 0.15) is 25.7 Å². The highest BCUT2D eigenvalue weighted by Gasteiger charge is 2.41. The fourth-order valence-electron chi connectivity index (χ4n) is 4.25. The lowest BCUT2D eigenvalue weighted by Crippen LogP contribution is -2.36. The molecule has 1 amide bonds. The van der Waals surface area contributed by atoms with Crippen LogP contribution in [0.25, 0.3) is 0 Å². The van der Waals surface area contributed by atoms with Gasteiger partial charge in [0, 0.05) is 32.3 Å². The van der Waals surface area contributed by atoms with E-state index in [9.17, 15) is 4.79 Å². The normalized spacial score (nSPS) is 29.3. The van der Waals surface area contributed by atoms with Crippen LogP contribution in [-0.2, 0) is 4.79 Å². The van der Waals surface area contributed by atoms with Gasteiger partial charge in [0.1, 0.15) is 0 Å². The summed E-state index contributed by atoms with van der Waals surface area (Å²) in [5.74, 6) is 2.46. The van der Waals surface area contributed by atoms with E-state index in [-0.39, 0.29) is 11.8 Å². The first-order valence-electron chi connectivity index (χ1n) is 8.40. The summed E-state index contributed by atoms with van der Waals surface area (Å²) in [5, 5.41) is 0. The number of rotatable bonds is 3. The zero-order valence-corrected chi connectivity index (χ0v) is 13.1. The van der Waals surface area contributed by atoms with Crippen molar-refractivity contribution in [2.24, 2.45) is 17.8 Å². The molecule has 0 spiro atoms. The first kappa shape index (κ1) is 13.8. The number of pyridine rings is 1. The number of hydrogen-bond acceptors (Lipinski definition) is 3. The van der Waals surface area contributed by atoms with Crippen molar-refractivity contribution in [2.75, 3.05) is 29.9 Å². The van der Waals surface area contributed by atoms with Crippen LogP contribution in [0.3, 0.4) is 0 Å². The third kappa shape index (κ3) is 2.21. The Morgan fingerprint density at radius 3 is 2.77 bits per heavy atom. The molecule has 0 N–H and O–H groups in total. The van der Waals surface area contributed by atoms with Gasteiger partial charge in [0.25, 0.3) is 0 Å². The molecule has 0 radical (unpaired) electrons. The summed E-state index contributed by atoms with van der Waals surface area (Å²) >= 11 is 0. The molecule has 2 aliphatic carbocycles. The lowest BCUT2D eigenvalue weighted by Gasteiger charge is -2.28. The van der Waals surface area contributed by atoms with Crippen molar-refractivity contribution in [2.45, 2.75) is 25.7 Å². The van der Waals surface area contributed by atoms with E-state index in [1.165, 1.54) is 12.8 Å². The predicted molar refractivity (Wildman–Crippen MR) is 87.9 cm³/mol. The number of aromatic nitrogens is 1. The van der Waals surface area contributed by atoms with Crippen molar-refractivity contribution in [1.29, 1.82) is 0 Å². The van der Waals surface area contributed by atoms with Gasteiger partial charge >= 0.3 is 0 Å². The molecule has 2 bridgehead atoms. The predicted octanol–water partition coefficient (Wildman–Crippen LogP) is 2.86. The maximum Gasteiger partial charge on any atom is 0.230 e. The molecule has 1 aromatic rings.